The van der Waals surface area contributed by atoms with Crippen LogP contribution in [0.25, 0.3) is 0 Å². The molecule has 0 amide bonds. The summed E-state index contributed by atoms with van der Waals surface area (Å²) in [6, 6.07) is 12.9. The Morgan fingerprint density at radius 1 is 1.21 bits per heavy atom. The molecule has 19 heavy (non-hydrogen) atoms. The average molecular weight is 273 g/mol. The molecule has 4 heteroatoms. The van der Waals surface area contributed by atoms with Crippen LogP contribution < -0.4 is 5.73 Å². The molecule has 0 aromatic heterocycles. The Kier molecular flexibility index (Phi) is 4.12. The molecule has 2 aromatic carbocycles. The van der Waals surface area contributed by atoms with E-state index in [1.165, 1.54) is 0 Å². The lowest BCUT2D eigenvalue weighted by Crippen LogP contribution is -1.96. The summed E-state index contributed by atoms with van der Waals surface area (Å²) < 4.78 is 0. The lowest BCUT2D eigenvalue weighted by Gasteiger charge is -2.08. The third-order valence-electron chi connectivity index (χ3n) is 2.88. The number of nitrogen functional groups attached to an aromatic ring is 1. The standard InChI is InChI=1S/C15H15NO2S/c1-10-3-2-4-13(14(10)16)19-9-11-5-7-12(8-6-11)15(17)18/h2-8H,9,16H2,1H3,(H,17,18). The van der Waals surface area contributed by atoms with Crippen molar-refractivity contribution in [1.29, 1.82) is 0 Å². The van der Waals surface area contributed by atoms with E-state index in [4.69, 9.17) is 10.8 Å². The van der Waals surface area contributed by atoms with Gasteiger partial charge in [0, 0.05) is 16.3 Å². The number of para-hydroxylation sites is 1. The van der Waals surface area contributed by atoms with Gasteiger partial charge in [-0.2, -0.15) is 0 Å². The molecule has 0 atom stereocenters. The van der Waals surface area contributed by atoms with E-state index in [1.807, 2.05) is 37.3 Å². The van der Waals surface area contributed by atoms with Crippen molar-refractivity contribution in [2.45, 2.75) is 17.6 Å². The molecule has 0 unspecified atom stereocenters. The number of benzene rings is 2. The third-order valence-corrected chi connectivity index (χ3v) is 4.02. The third kappa shape index (κ3) is 3.29. The predicted molar refractivity (Wildman–Crippen MR) is 78.6 cm³/mol. The van der Waals surface area contributed by atoms with E-state index in [9.17, 15) is 4.79 Å². The lowest BCUT2D eigenvalue weighted by molar-refractivity contribution is 0.0697. The van der Waals surface area contributed by atoms with E-state index in [0.717, 1.165) is 27.5 Å². The Morgan fingerprint density at radius 2 is 1.89 bits per heavy atom. The van der Waals surface area contributed by atoms with Crippen molar-refractivity contribution in [2.24, 2.45) is 0 Å². The monoisotopic (exact) mass is 273 g/mol. The minimum Gasteiger partial charge on any atom is -0.478 e. The van der Waals surface area contributed by atoms with E-state index >= 15 is 0 Å². The summed E-state index contributed by atoms with van der Waals surface area (Å²) in [6.45, 7) is 1.99. The zero-order chi connectivity index (χ0) is 13.8. The number of carbonyl (C=O) groups is 1. The Bertz CT molecular complexity index is 594. The van der Waals surface area contributed by atoms with Gasteiger partial charge in [-0.1, -0.05) is 24.3 Å². The smallest absolute Gasteiger partial charge is 0.335 e. The molecule has 0 aliphatic carbocycles. The predicted octanol–water partition coefficient (Wildman–Crippen LogP) is 3.57. The van der Waals surface area contributed by atoms with Crippen LogP contribution in [0.4, 0.5) is 5.69 Å². The largest absolute Gasteiger partial charge is 0.478 e. The van der Waals surface area contributed by atoms with E-state index < -0.39 is 5.97 Å². The molecular formula is C15H15NO2S. The quantitative estimate of drug-likeness (QED) is 0.660. The molecule has 0 saturated carbocycles. The molecule has 0 bridgehead atoms. The highest BCUT2D eigenvalue weighted by atomic mass is 32.2. The zero-order valence-electron chi connectivity index (χ0n) is 10.6. The summed E-state index contributed by atoms with van der Waals surface area (Å²) in [5.74, 6) is -0.129. The van der Waals surface area contributed by atoms with Crippen LogP contribution in [-0.2, 0) is 5.75 Å². The maximum absolute atomic E-state index is 10.8. The summed E-state index contributed by atoms with van der Waals surface area (Å²) in [7, 11) is 0. The van der Waals surface area contributed by atoms with Gasteiger partial charge >= 0.3 is 5.97 Å². The van der Waals surface area contributed by atoms with Gasteiger partial charge < -0.3 is 10.8 Å². The number of hydrogen-bond donors (Lipinski definition) is 2. The number of thioether (sulfide) groups is 1. The van der Waals surface area contributed by atoms with E-state index in [2.05, 4.69) is 0 Å². The van der Waals surface area contributed by atoms with Gasteiger partial charge in [0.05, 0.1) is 5.56 Å². The Balaban J connectivity index is 2.06. The highest BCUT2D eigenvalue weighted by Crippen LogP contribution is 2.30. The number of aryl methyl sites for hydroxylation is 1. The van der Waals surface area contributed by atoms with Crippen molar-refractivity contribution in [3.63, 3.8) is 0 Å². The molecule has 2 rings (SSSR count). The molecule has 0 fully saturated rings. The second-order valence-corrected chi connectivity index (χ2v) is 5.29. The van der Waals surface area contributed by atoms with Gasteiger partial charge in [0.15, 0.2) is 0 Å². The topological polar surface area (TPSA) is 63.3 Å². The number of rotatable bonds is 4. The number of anilines is 1. The summed E-state index contributed by atoms with van der Waals surface area (Å²) in [4.78, 5) is 11.8. The minimum absolute atomic E-state index is 0.309. The van der Waals surface area contributed by atoms with Crippen LogP contribution in [0.5, 0.6) is 0 Å². The Labute approximate surface area is 116 Å². The van der Waals surface area contributed by atoms with E-state index in [-0.39, 0.29) is 0 Å². The van der Waals surface area contributed by atoms with Crippen LogP contribution in [0.2, 0.25) is 0 Å². The average Bonchev–Trinajstić information content (AvgIpc) is 2.41. The summed E-state index contributed by atoms with van der Waals surface area (Å²) in [6.07, 6.45) is 0. The van der Waals surface area contributed by atoms with E-state index in [0.29, 0.717) is 5.56 Å². The van der Waals surface area contributed by atoms with Crippen molar-refractivity contribution in [3.8, 4) is 0 Å². The lowest BCUT2D eigenvalue weighted by atomic mass is 10.1. The fourth-order valence-corrected chi connectivity index (χ4v) is 2.69. The van der Waals surface area contributed by atoms with Gasteiger partial charge in [0.25, 0.3) is 0 Å². The van der Waals surface area contributed by atoms with E-state index in [1.54, 1.807) is 23.9 Å². The molecule has 0 saturated heterocycles. The summed E-state index contributed by atoms with van der Waals surface area (Å²) in [5, 5.41) is 8.83. The Morgan fingerprint density at radius 3 is 2.53 bits per heavy atom. The fourth-order valence-electron chi connectivity index (χ4n) is 1.68. The summed E-state index contributed by atoms with van der Waals surface area (Å²) in [5.41, 5.74) is 9.29. The fraction of sp³-hybridized carbons (Fsp3) is 0.133. The first-order chi connectivity index (χ1) is 9.08. The van der Waals surface area contributed by atoms with Gasteiger partial charge in [0.2, 0.25) is 0 Å². The van der Waals surface area contributed by atoms with Gasteiger partial charge in [0.1, 0.15) is 0 Å². The second-order valence-electron chi connectivity index (χ2n) is 4.28. The molecule has 2 aromatic rings. The highest BCUT2D eigenvalue weighted by Gasteiger charge is 2.04. The molecule has 0 aliphatic heterocycles. The minimum atomic E-state index is -0.901. The second kappa shape index (κ2) is 5.80. The van der Waals surface area contributed by atoms with Gasteiger partial charge in [-0.25, -0.2) is 4.79 Å². The molecule has 3 N–H and O–H groups in total. The van der Waals surface area contributed by atoms with Crippen molar-refractivity contribution in [3.05, 3.63) is 59.2 Å². The molecule has 0 spiro atoms. The number of nitrogens with two attached hydrogens (primary N) is 1. The maximum Gasteiger partial charge on any atom is 0.335 e. The molecular weight excluding hydrogens is 258 g/mol. The number of hydrogen-bond acceptors (Lipinski definition) is 3. The molecule has 3 nitrogen and oxygen atoms in total. The van der Waals surface area contributed by atoms with Gasteiger partial charge in [-0.15, -0.1) is 11.8 Å². The summed E-state index contributed by atoms with van der Waals surface area (Å²) >= 11 is 1.66. The first-order valence-electron chi connectivity index (χ1n) is 5.88. The van der Waals surface area contributed by atoms with Crippen LogP contribution in [0, 0.1) is 6.92 Å². The first kappa shape index (κ1) is 13.5. The SMILES string of the molecule is Cc1cccc(SCc2ccc(C(=O)O)cc2)c1N. The first-order valence-corrected chi connectivity index (χ1v) is 6.86. The van der Waals surface area contributed by atoms with Gasteiger partial charge in [-0.3, -0.25) is 0 Å². The maximum atomic E-state index is 10.8. The molecule has 0 aliphatic rings. The van der Waals surface area contributed by atoms with Crippen LogP contribution in [0.15, 0.2) is 47.4 Å². The molecule has 98 valence electrons. The number of carboxylic acid groups (broad SMARTS) is 1. The van der Waals surface area contributed by atoms with Crippen molar-refractivity contribution >= 4 is 23.4 Å². The van der Waals surface area contributed by atoms with Gasteiger partial charge in [-0.05, 0) is 36.2 Å². The molecule has 0 heterocycles. The van der Waals surface area contributed by atoms with Crippen LogP contribution in [-0.4, -0.2) is 11.1 Å². The zero-order valence-corrected chi connectivity index (χ0v) is 11.4. The van der Waals surface area contributed by atoms with Crippen LogP contribution in [0.3, 0.4) is 0 Å². The van der Waals surface area contributed by atoms with Crippen molar-refractivity contribution in [1.82, 2.24) is 0 Å². The number of aromatic carboxylic acids is 1. The van der Waals surface area contributed by atoms with Crippen molar-refractivity contribution < 1.29 is 9.90 Å². The normalized spacial score (nSPS) is 10.4. The van der Waals surface area contributed by atoms with Crippen molar-refractivity contribution in [2.75, 3.05) is 5.73 Å². The number of carboxylic acids is 1. The highest BCUT2D eigenvalue weighted by molar-refractivity contribution is 7.98. The van der Waals surface area contributed by atoms with Crippen LogP contribution >= 0.6 is 11.8 Å². The Hall–Kier alpha value is -1.94. The molecule has 0 radical (unpaired) electrons. The van der Waals surface area contributed by atoms with Crippen LogP contribution in [0.1, 0.15) is 21.5 Å².